The van der Waals surface area contributed by atoms with Crippen LogP contribution in [0.2, 0.25) is 0 Å². The topological polar surface area (TPSA) is 26.0 Å². The summed E-state index contributed by atoms with van der Waals surface area (Å²) in [5.41, 5.74) is 12.3. The molecule has 1 aliphatic carbocycles. The van der Waals surface area contributed by atoms with Gasteiger partial charge < -0.3 is 5.73 Å². The van der Waals surface area contributed by atoms with Gasteiger partial charge in [-0.05, 0) is 40.3 Å². The molecule has 26 heavy (non-hydrogen) atoms. The van der Waals surface area contributed by atoms with Gasteiger partial charge in [0.05, 0.1) is 0 Å². The molecule has 1 nitrogen and oxygen atoms in total. The molecule has 1 unspecified atom stereocenters. The Morgan fingerprint density at radius 3 is 2.04 bits per heavy atom. The summed E-state index contributed by atoms with van der Waals surface area (Å²) in [4.78, 5) is 0. The molecule has 4 rings (SSSR count). The second-order valence-electron chi connectivity index (χ2n) is 6.88. The summed E-state index contributed by atoms with van der Waals surface area (Å²) in [6.07, 6.45) is 9.61. The van der Waals surface area contributed by atoms with Crippen LogP contribution in [0.15, 0.2) is 103 Å². The monoisotopic (exact) mass is 337 g/mol. The highest BCUT2D eigenvalue weighted by atomic mass is 14.6. The van der Waals surface area contributed by atoms with Crippen LogP contribution in [0.4, 0.5) is 0 Å². The first-order valence-electron chi connectivity index (χ1n) is 9.12. The molecule has 0 heterocycles. The van der Waals surface area contributed by atoms with Crippen LogP contribution in [-0.4, -0.2) is 6.54 Å². The summed E-state index contributed by atoms with van der Waals surface area (Å²) in [7, 11) is 0. The summed E-state index contributed by atoms with van der Waals surface area (Å²) in [5, 5.41) is 0. The number of hydrogen-bond acceptors (Lipinski definition) is 1. The minimum absolute atomic E-state index is 0.0954. The van der Waals surface area contributed by atoms with Gasteiger partial charge in [-0.2, -0.15) is 0 Å². The molecule has 0 bridgehead atoms. The molecule has 0 amide bonds. The predicted molar refractivity (Wildman–Crippen MR) is 111 cm³/mol. The fourth-order valence-corrected chi connectivity index (χ4v) is 3.67. The van der Waals surface area contributed by atoms with Crippen molar-refractivity contribution >= 4 is 0 Å². The highest BCUT2D eigenvalue weighted by Gasteiger charge is 2.27. The van der Waals surface area contributed by atoms with Crippen molar-refractivity contribution in [2.24, 2.45) is 5.73 Å². The second-order valence-corrected chi connectivity index (χ2v) is 6.88. The van der Waals surface area contributed by atoms with Gasteiger partial charge in [-0.1, -0.05) is 97.1 Å². The largest absolute Gasteiger partial charge is 0.329 e. The van der Waals surface area contributed by atoms with Crippen molar-refractivity contribution in [2.75, 3.05) is 6.54 Å². The van der Waals surface area contributed by atoms with Crippen LogP contribution in [0, 0.1) is 0 Å². The van der Waals surface area contributed by atoms with E-state index in [1.165, 1.54) is 27.8 Å². The molecule has 1 heteroatoms. The number of nitrogens with two attached hydrogens (primary N) is 1. The average Bonchev–Trinajstić information content (AvgIpc) is 2.75. The predicted octanol–water partition coefficient (Wildman–Crippen LogP) is 5.73. The molecule has 0 spiro atoms. The SMILES string of the molecule is NCC1(c2cccc(-c3cccc(-c4ccccc4)c3)c2)C=CC=CC1. The Labute approximate surface area is 155 Å². The quantitative estimate of drug-likeness (QED) is 0.646. The van der Waals surface area contributed by atoms with E-state index in [9.17, 15) is 0 Å². The fourth-order valence-electron chi connectivity index (χ4n) is 3.67. The van der Waals surface area contributed by atoms with E-state index >= 15 is 0 Å². The van der Waals surface area contributed by atoms with Gasteiger partial charge in [-0.3, -0.25) is 0 Å². The molecule has 128 valence electrons. The molecule has 0 saturated carbocycles. The van der Waals surface area contributed by atoms with Crippen LogP contribution in [-0.2, 0) is 5.41 Å². The van der Waals surface area contributed by atoms with E-state index in [1.54, 1.807) is 0 Å². The van der Waals surface area contributed by atoms with Gasteiger partial charge in [-0.15, -0.1) is 0 Å². The van der Waals surface area contributed by atoms with Crippen LogP contribution < -0.4 is 5.73 Å². The van der Waals surface area contributed by atoms with Crippen molar-refractivity contribution in [3.8, 4) is 22.3 Å². The first kappa shape index (κ1) is 16.6. The maximum atomic E-state index is 6.17. The maximum Gasteiger partial charge on any atom is 0.0292 e. The Bertz CT molecular complexity index is 953. The molecule has 1 aliphatic rings. The summed E-state index contributed by atoms with van der Waals surface area (Å²) in [5.74, 6) is 0. The molecule has 0 aliphatic heterocycles. The third-order valence-corrected chi connectivity index (χ3v) is 5.25. The van der Waals surface area contributed by atoms with Gasteiger partial charge >= 0.3 is 0 Å². The van der Waals surface area contributed by atoms with Crippen LogP contribution in [0.5, 0.6) is 0 Å². The Balaban J connectivity index is 1.74. The van der Waals surface area contributed by atoms with Crippen molar-refractivity contribution in [1.29, 1.82) is 0 Å². The molecule has 1 atom stereocenters. The molecule has 3 aromatic rings. The third-order valence-electron chi connectivity index (χ3n) is 5.25. The van der Waals surface area contributed by atoms with Crippen LogP contribution in [0.25, 0.3) is 22.3 Å². The van der Waals surface area contributed by atoms with E-state index in [1.807, 2.05) is 0 Å². The smallest absolute Gasteiger partial charge is 0.0292 e. The molecular weight excluding hydrogens is 314 g/mol. The summed E-state index contributed by atoms with van der Waals surface area (Å²) in [6.45, 7) is 0.612. The fraction of sp³-hybridized carbons (Fsp3) is 0.120. The highest BCUT2D eigenvalue weighted by Crippen LogP contribution is 2.34. The standard InChI is InChI=1S/C25H23N/c26-19-25(15-5-2-6-16-25)24-14-8-13-23(18-24)22-12-7-11-21(17-22)20-9-3-1-4-10-20/h1-15,17-18H,16,19,26H2. The first-order valence-corrected chi connectivity index (χ1v) is 9.12. The van der Waals surface area contributed by atoms with Crippen LogP contribution in [0.1, 0.15) is 12.0 Å². The minimum atomic E-state index is -0.0954. The summed E-state index contributed by atoms with van der Waals surface area (Å²) in [6, 6.07) is 28.1. The zero-order valence-electron chi connectivity index (χ0n) is 14.8. The number of allylic oxidation sites excluding steroid dienone is 3. The van der Waals surface area contributed by atoms with Crippen molar-refractivity contribution < 1.29 is 0 Å². The Kier molecular flexibility index (Phi) is 4.55. The molecule has 0 fully saturated rings. The van der Waals surface area contributed by atoms with Gasteiger partial charge in [0.2, 0.25) is 0 Å². The maximum absolute atomic E-state index is 6.17. The first-order chi connectivity index (χ1) is 12.8. The summed E-state index contributed by atoms with van der Waals surface area (Å²) < 4.78 is 0. The van der Waals surface area contributed by atoms with Crippen molar-refractivity contribution in [1.82, 2.24) is 0 Å². The molecule has 2 N–H and O–H groups in total. The zero-order chi connectivity index (χ0) is 17.8. The van der Waals surface area contributed by atoms with Gasteiger partial charge in [0, 0.05) is 12.0 Å². The van der Waals surface area contributed by atoms with E-state index in [4.69, 9.17) is 5.73 Å². The van der Waals surface area contributed by atoms with Gasteiger partial charge in [0.25, 0.3) is 0 Å². The molecule has 0 saturated heterocycles. The highest BCUT2D eigenvalue weighted by molar-refractivity contribution is 5.73. The Hall–Kier alpha value is -2.90. The van der Waals surface area contributed by atoms with Crippen molar-refractivity contribution in [3.05, 3.63) is 109 Å². The average molecular weight is 337 g/mol. The van der Waals surface area contributed by atoms with Gasteiger partial charge in [-0.25, -0.2) is 0 Å². The van der Waals surface area contributed by atoms with E-state index in [0.717, 1.165) is 6.42 Å². The second kappa shape index (κ2) is 7.15. The lowest BCUT2D eigenvalue weighted by Gasteiger charge is -2.30. The molecular formula is C25H23N. The third kappa shape index (κ3) is 3.14. The molecule has 0 radical (unpaired) electrons. The Morgan fingerprint density at radius 1 is 0.692 bits per heavy atom. The lowest BCUT2D eigenvalue weighted by molar-refractivity contribution is 0.550. The molecule has 3 aromatic carbocycles. The van der Waals surface area contributed by atoms with E-state index in [0.29, 0.717) is 6.54 Å². The normalized spacial score (nSPS) is 18.8. The van der Waals surface area contributed by atoms with Gasteiger partial charge in [0.15, 0.2) is 0 Å². The number of hydrogen-bond donors (Lipinski definition) is 1. The van der Waals surface area contributed by atoms with E-state index < -0.39 is 0 Å². The Morgan fingerprint density at radius 2 is 1.35 bits per heavy atom. The van der Waals surface area contributed by atoms with Crippen molar-refractivity contribution in [3.63, 3.8) is 0 Å². The van der Waals surface area contributed by atoms with Crippen molar-refractivity contribution in [2.45, 2.75) is 11.8 Å². The van der Waals surface area contributed by atoms with E-state index in [2.05, 4.69) is 103 Å². The number of rotatable bonds is 4. The molecule has 0 aromatic heterocycles. The lowest BCUT2D eigenvalue weighted by atomic mass is 9.75. The van der Waals surface area contributed by atoms with Crippen LogP contribution in [0.3, 0.4) is 0 Å². The van der Waals surface area contributed by atoms with Crippen LogP contribution >= 0.6 is 0 Å². The summed E-state index contributed by atoms with van der Waals surface area (Å²) >= 11 is 0. The lowest BCUT2D eigenvalue weighted by Crippen LogP contribution is -2.33. The van der Waals surface area contributed by atoms with Gasteiger partial charge in [0.1, 0.15) is 0 Å². The minimum Gasteiger partial charge on any atom is -0.329 e. The van der Waals surface area contributed by atoms with E-state index in [-0.39, 0.29) is 5.41 Å². The zero-order valence-corrected chi connectivity index (χ0v) is 14.8. The number of benzene rings is 3.